The second-order valence-corrected chi connectivity index (χ2v) is 8.99. The van der Waals surface area contributed by atoms with Gasteiger partial charge in [0.2, 0.25) is 5.89 Å². The van der Waals surface area contributed by atoms with E-state index in [1.54, 1.807) is 6.92 Å². The Morgan fingerprint density at radius 2 is 2.23 bits per heavy atom. The maximum Gasteiger partial charge on any atom is 0.339 e. The summed E-state index contributed by atoms with van der Waals surface area (Å²) in [6.45, 7) is 2.01. The van der Waals surface area contributed by atoms with Gasteiger partial charge in [0, 0.05) is 23.1 Å². The number of benzene rings is 1. The van der Waals surface area contributed by atoms with Gasteiger partial charge in [0.25, 0.3) is 0 Å². The van der Waals surface area contributed by atoms with E-state index in [4.69, 9.17) is 26.2 Å². The van der Waals surface area contributed by atoms with Gasteiger partial charge in [-0.2, -0.15) is 16.7 Å². The van der Waals surface area contributed by atoms with Crippen molar-refractivity contribution in [3.8, 4) is 11.5 Å². The Morgan fingerprint density at radius 1 is 1.43 bits per heavy atom. The molecule has 1 aliphatic rings. The molecule has 0 amide bonds. The number of aromatic hydroxyl groups is 1. The van der Waals surface area contributed by atoms with Crippen molar-refractivity contribution in [3.63, 3.8) is 0 Å². The van der Waals surface area contributed by atoms with Gasteiger partial charge < -0.3 is 24.4 Å². The highest BCUT2D eigenvalue weighted by Crippen LogP contribution is 2.39. The van der Waals surface area contributed by atoms with Crippen molar-refractivity contribution in [2.45, 2.75) is 38.0 Å². The van der Waals surface area contributed by atoms with Crippen LogP contribution >= 0.6 is 39.9 Å². The molecule has 0 spiro atoms. The number of thioether (sulfide) groups is 1. The summed E-state index contributed by atoms with van der Waals surface area (Å²) >= 11 is 10.4. The second kappa shape index (κ2) is 10.5. The van der Waals surface area contributed by atoms with E-state index in [9.17, 15) is 9.90 Å². The van der Waals surface area contributed by atoms with Gasteiger partial charge in [-0.05, 0) is 42.1 Å². The van der Waals surface area contributed by atoms with Crippen molar-refractivity contribution in [2.75, 3.05) is 19.5 Å². The molecular weight excluding hydrogens is 494 g/mol. The molecule has 3 rings (SSSR count). The summed E-state index contributed by atoms with van der Waals surface area (Å²) in [6, 6.07) is 1.21. The molecule has 8 nitrogen and oxygen atoms in total. The number of nitrogens with zero attached hydrogens (tertiary/aromatic N) is 2. The van der Waals surface area contributed by atoms with E-state index in [2.05, 4.69) is 31.4 Å². The van der Waals surface area contributed by atoms with Gasteiger partial charge in [-0.1, -0.05) is 17.4 Å². The molecule has 0 saturated carbocycles. The normalized spacial score (nSPS) is 18.7. The summed E-state index contributed by atoms with van der Waals surface area (Å²) in [7, 11) is 1.47. The summed E-state index contributed by atoms with van der Waals surface area (Å²) in [5.74, 6) is 1.72. The lowest BCUT2D eigenvalue weighted by atomic mass is 10.1. The Hall–Kier alpha value is -1.85. The number of esters is 1. The van der Waals surface area contributed by atoms with E-state index in [0.717, 1.165) is 6.42 Å². The van der Waals surface area contributed by atoms with Gasteiger partial charge in [0.05, 0.1) is 28.7 Å². The Morgan fingerprint density at radius 3 is 2.93 bits per heavy atom. The minimum absolute atomic E-state index is 0.0322. The molecule has 0 radical (unpaired) electrons. The van der Waals surface area contributed by atoms with Crippen LogP contribution in [0.15, 0.2) is 15.1 Å². The van der Waals surface area contributed by atoms with E-state index in [-0.39, 0.29) is 24.0 Å². The van der Waals surface area contributed by atoms with Crippen molar-refractivity contribution < 1.29 is 23.9 Å². The van der Waals surface area contributed by atoms with Crippen molar-refractivity contribution in [1.29, 1.82) is 0 Å². The molecule has 2 N–H and O–H groups in total. The van der Waals surface area contributed by atoms with Gasteiger partial charge in [-0.15, -0.1) is 0 Å². The van der Waals surface area contributed by atoms with Crippen LogP contribution in [0, 0.1) is 6.92 Å². The number of ether oxygens (including phenoxy) is 2. The van der Waals surface area contributed by atoms with Crippen LogP contribution in [-0.4, -0.2) is 45.7 Å². The number of phenolic OH excluding ortho intramolecular Hbond substituents is 1. The van der Waals surface area contributed by atoms with Crippen molar-refractivity contribution >= 4 is 50.9 Å². The van der Waals surface area contributed by atoms with Gasteiger partial charge in [0.1, 0.15) is 17.5 Å². The summed E-state index contributed by atoms with van der Waals surface area (Å²) in [6.07, 6.45) is 2.09. The number of hydrogen-bond donors (Lipinski definition) is 2. The first-order valence-corrected chi connectivity index (χ1v) is 11.7. The highest BCUT2D eigenvalue weighted by Gasteiger charge is 2.26. The first-order chi connectivity index (χ1) is 14.4. The number of halogens is 1. The summed E-state index contributed by atoms with van der Waals surface area (Å²) in [5.41, 5.74) is 0.739. The molecule has 162 valence electrons. The molecule has 1 aromatic heterocycles. The maximum atomic E-state index is 12.8. The van der Waals surface area contributed by atoms with Crippen LogP contribution < -0.4 is 10.1 Å². The number of fused-ring (bicyclic) bond motifs is 1. The van der Waals surface area contributed by atoms with E-state index >= 15 is 0 Å². The fraction of sp³-hybridized carbons (Fsp3) is 0.474. The van der Waals surface area contributed by atoms with E-state index in [1.807, 2.05) is 0 Å². The third-order valence-electron chi connectivity index (χ3n) is 4.48. The standard InChI is InChI=1S/C19H22BrN3O5S2/c1-10-21-18(28-23-10)12-9-30-8-11-13(24)7-14(26-2)17(20)16(11)19(25)27-6-4-3-5-15(29)22-12/h7,12,24H,3-6,8-9H2,1-2H3,(H,22,29)/t12-/m0/s1. The molecule has 0 bridgehead atoms. The second-order valence-electron chi connectivity index (χ2n) is 6.67. The number of phenols is 1. The van der Waals surface area contributed by atoms with Crippen LogP contribution in [0.25, 0.3) is 0 Å². The van der Waals surface area contributed by atoms with Crippen LogP contribution in [0.5, 0.6) is 11.5 Å². The largest absolute Gasteiger partial charge is 0.507 e. The zero-order valence-electron chi connectivity index (χ0n) is 16.6. The van der Waals surface area contributed by atoms with Crippen LogP contribution in [0.1, 0.15) is 52.9 Å². The average molecular weight is 516 g/mol. The lowest BCUT2D eigenvalue weighted by Gasteiger charge is -2.19. The van der Waals surface area contributed by atoms with Gasteiger partial charge in [0.15, 0.2) is 5.82 Å². The zero-order chi connectivity index (χ0) is 21.7. The quantitative estimate of drug-likeness (QED) is 0.448. The summed E-state index contributed by atoms with van der Waals surface area (Å²) in [5, 5.41) is 17.7. The molecular formula is C19H22BrN3O5S2. The minimum atomic E-state index is -0.506. The minimum Gasteiger partial charge on any atom is -0.507 e. The van der Waals surface area contributed by atoms with Crippen LogP contribution in [0.4, 0.5) is 0 Å². The molecule has 2 aromatic rings. The first-order valence-electron chi connectivity index (χ1n) is 9.33. The monoisotopic (exact) mass is 515 g/mol. The van der Waals surface area contributed by atoms with Gasteiger partial charge >= 0.3 is 5.97 Å². The number of carbonyl (C=O) groups excluding carboxylic acids is 1. The van der Waals surface area contributed by atoms with E-state index in [1.165, 1.54) is 24.9 Å². The number of rotatable bonds is 2. The average Bonchev–Trinajstić information content (AvgIpc) is 3.14. The number of aryl methyl sites for hydroxylation is 1. The van der Waals surface area contributed by atoms with Gasteiger partial charge in [-0.25, -0.2) is 4.79 Å². The Labute approximate surface area is 192 Å². The third kappa shape index (κ3) is 5.44. The Bertz CT molecular complexity index is 937. The van der Waals surface area contributed by atoms with Gasteiger partial charge in [-0.3, -0.25) is 0 Å². The summed E-state index contributed by atoms with van der Waals surface area (Å²) < 4.78 is 16.5. The SMILES string of the molecule is COc1cc(O)c2c(c1Br)C(=O)OCCCCC(=S)N[C@H](c1nc(C)no1)CSC2. The van der Waals surface area contributed by atoms with Crippen molar-refractivity contribution in [3.05, 3.63) is 33.4 Å². The number of cyclic esters (lactones) is 1. The number of hydrogen-bond acceptors (Lipinski definition) is 9. The van der Waals surface area contributed by atoms with Crippen molar-refractivity contribution in [1.82, 2.24) is 15.5 Å². The molecule has 11 heteroatoms. The predicted octanol–water partition coefficient (Wildman–Crippen LogP) is 4.09. The molecule has 0 aliphatic carbocycles. The molecule has 30 heavy (non-hydrogen) atoms. The number of methoxy groups -OCH3 is 1. The van der Waals surface area contributed by atoms with Crippen LogP contribution in [-0.2, 0) is 10.5 Å². The fourth-order valence-corrected chi connectivity index (χ4v) is 5.01. The Kier molecular flexibility index (Phi) is 7.95. The predicted molar refractivity (Wildman–Crippen MR) is 120 cm³/mol. The molecule has 1 aromatic carbocycles. The first kappa shape index (κ1) is 22.8. The molecule has 1 atom stereocenters. The Balaban J connectivity index is 1.91. The van der Waals surface area contributed by atoms with Crippen LogP contribution in [0.2, 0.25) is 0 Å². The van der Waals surface area contributed by atoms with E-state index in [0.29, 0.717) is 56.8 Å². The molecule has 2 heterocycles. The number of carbonyl (C=O) groups is 1. The number of nitrogens with one attached hydrogen (secondary N) is 1. The maximum absolute atomic E-state index is 12.8. The highest BCUT2D eigenvalue weighted by atomic mass is 79.9. The number of thiocarbonyl (C=S) groups is 1. The zero-order valence-corrected chi connectivity index (χ0v) is 19.8. The van der Waals surface area contributed by atoms with Crippen molar-refractivity contribution in [2.24, 2.45) is 0 Å². The molecule has 0 unspecified atom stereocenters. The molecule has 0 fully saturated rings. The summed E-state index contributed by atoms with van der Waals surface area (Å²) in [4.78, 5) is 17.8. The lowest BCUT2D eigenvalue weighted by Crippen LogP contribution is -2.29. The molecule has 1 aliphatic heterocycles. The molecule has 0 saturated heterocycles. The lowest BCUT2D eigenvalue weighted by molar-refractivity contribution is 0.0496. The van der Waals surface area contributed by atoms with E-state index < -0.39 is 5.97 Å². The van der Waals surface area contributed by atoms with Crippen LogP contribution in [0.3, 0.4) is 0 Å². The highest BCUT2D eigenvalue weighted by molar-refractivity contribution is 9.10. The third-order valence-corrected chi connectivity index (χ3v) is 6.65. The smallest absolute Gasteiger partial charge is 0.339 e. The number of aromatic nitrogens is 2. The fourth-order valence-electron chi connectivity index (χ4n) is 2.97. The topological polar surface area (TPSA) is 107 Å².